The summed E-state index contributed by atoms with van der Waals surface area (Å²) in [5.41, 5.74) is 0.594. The molecule has 0 fully saturated rings. The van der Waals surface area contributed by atoms with Gasteiger partial charge in [0.05, 0.1) is 10.6 Å². The molecular weight excluding hydrogens is 322 g/mol. The van der Waals surface area contributed by atoms with Crippen LogP contribution in [0, 0.1) is 13.8 Å². The fourth-order valence-corrected chi connectivity index (χ4v) is 4.03. The van der Waals surface area contributed by atoms with Gasteiger partial charge in [0, 0.05) is 11.9 Å². The summed E-state index contributed by atoms with van der Waals surface area (Å²) in [6.45, 7) is 5.84. The van der Waals surface area contributed by atoms with E-state index in [1.54, 1.807) is 7.05 Å². The van der Waals surface area contributed by atoms with Crippen molar-refractivity contribution in [1.82, 2.24) is 24.7 Å². The van der Waals surface area contributed by atoms with E-state index < -0.39 is 0 Å². The third-order valence-electron chi connectivity index (χ3n) is 3.56. The predicted molar refractivity (Wildman–Crippen MR) is 87.8 cm³/mol. The van der Waals surface area contributed by atoms with E-state index in [1.807, 2.05) is 20.8 Å². The Hall–Kier alpha value is -1.87. The van der Waals surface area contributed by atoms with Crippen LogP contribution in [0.1, 0.15) is 28.4 Å². The number of thioether (sulfide) groups is 1. The smallest absolute Gasteiger partial charge is 0.309 e. The maximum atomic E-state index is 12.3. The van der Waals surface area contributed by atoms with E-state index in [9.17, 15) is 9.59 Å². The molecule has 3 aromatic rings. The highest BCUT2D eigenvalue weighted by atomic mass is 32.2. The number of aromatic nitrogens is 5. The molecular formula is C13H15N5O2S2. The molecule has 7 nitrogen and oxygen atoms in total. The van der Waals surface area contributed by atoms with Crippen molar-refractivity contribution in [2.45, 2.75) is 31.2 Å². The van der Waals surface area contributed by atoms with Gasteiger partial charge in [0.1, 0.15) is 10.7 Å². The van der Waals surface area contributed by atoms with E-state index in [2.05, 4.69) is 20.2 Å². The van der Waals surface area contributed by atoms with Gasteiger partial charge in [-0.25, -0.2) is 14.9 Å². The standard InChI is InChI=1S/C13H15N5O2S2/c1-5-6(2)21-11-8(5)10(19)14-9(15-11)7(3)22-13-17-16-12(20)18(13)4/h7H,1-4H3,(H,16,20)(H,14,15,19)/t7-/m0/s1. The molecule has 1 atom stereocenters. The quantitative estimate of drug-likeness (QED) is 0.711. The Bertz CT molecular complexity index is 965. The highest BCUT2D eigenvalue weighted by molar-refractivity contribution is 7.99. The number of nitrogens with one attached hydrogen (secondary N) is 2. The van der Waals surface area contributed by atoms with E-state index in [1.165, 1.54) is 27.7 Å². The number of fused-ring (bicyclic) bond motifs is 1. The van der Waals surface area contributed by atoms with Crippen molar-refractivity contribution in [2.24, 2.45) is 7.05 Å². The third-order valence-corrected chi connectivity index (χ3v) is 5.82. The number of hydrogen-bond donors (Lipinski definition) is 2. The van der Waals surface area contributed by atoms with Gasteiger partial charge in [-0.05, 0) is 26.3 Å². The lowest BCUT2D eigenvalue weighted by Crippen LogP contribution is -2.14. The minimum atomic E-state index is -0.267. The third kappa shape index (κ3) is 2.40. The summed E-state index contributed by atoms with van der Waals surface area (Å²) in [4.78, 5) is 32.9. The van der Waals surface area contributed by atoms with Crippen molar-refractivity contribution >= 4 is 33.3 Å². The molecule has 22 heavy (non-hydrogen) atoms. The topological polar surface area (TPSA) is 96.4 Å². The average Bonchev–Trinajstić information content (AvgIpc) is 2.93. The van der Waals surface area contributed by atoms with Gasteiger partial charge >= 0.3 is 5.69 Å². The van der Waals surface area contributed by atoms with Gasteiger partial charge in [-0.3, -0.25) is 9.36 Å². The van der Waals surface area contributed by atoms with Gasteiger partial charge in [0.25, 0.3) is 5.56 Å². The van der Waals surface area contributed by atoms with Crippen LogP contribution in [0.25, 0.3) is 10.2 Å². The van der Waals surface area contributed by atoms with Crippen LogP contribution in [-0.4, -0.2) is 24.7 Å². The van der Waals surface area contributed by atoms with Crippen molar-refractivity contribution in [3.8, 4) is 0 Å². The molecule has 0 spiro atoms. The van der Waals surface area contributed by atoms with E-state index in [4.69, 9.17) is 0 Å². The molecule has 0 radical (unpaired) electrons. The van der Waals surface area contributed by atoms with Crippen LogP contribution in [-0.2, 0) is 7.05 Å². The van der Waals surface area contributed by atoms with Crippen LogP contribution in [0.3, 0.4) is 0 Å². The molecule has 0 unspecified atom stereocenters. The molecule has 3 rings (SSSR count). The highest BCUT2D eigenvalue weighted by Gasteiger charge is 2.18. The summed E-state index contributed by atoms with van der Waals surface area (Å²) in [7, 11) is 1.65. The molecule has 0 bridgehead atoms. The summed E-state index contributed by atoms with van der Waals surface area (Å²) < 4.78 is 1.43. The van der Waals surface area contributed by atoms with Crippen LogP contribution in [0.4, 0.5) is 0 Å². The maximum Gasteiger partial charge on any atom is 0.343 e. The second-order valence-electron chi connectivity index (χ2n) is 5.04. The Morgan fingerprint density at radius 3 is 2.68 bits per heavy atom. The van der Waals surface area contributed by atoms with Gasteiger partial charge in [-0.15, -0.1) is 16.4 Å². The first-order chi connectivity index (χ1) is 10.4. The predicted octanol–water partition coefficient (Wildman–Crippen LogP) is 1.88. The zero-order chi connectivity index (χ0) is 16.0. The van der Waals surface area contributed by atoms with Crippen molar-refractivity contribution in [2.75, 3.05) is 0 Å². The van der Waals surface area contributed by atoms with Gasteiger partial charge in [0.15, 0.2) is 5.16 Å². The Morgan fingerprint density at radius 1 is 1.32 bits per heavy atom. The zero-order valence-electron chi connectivity index (χ0n) is 12.6. The SMILES string of the molecule is Cc1sc2nc([C@H](C)Sc3n[nH]c(=O)n3C)[nH]c(=O)c2c1C. The number of nitrogens with zero attached hydrogens (tertiary/aromatic N) is 3. The summed E-state index contributed by atoms with van der Waals surface area (Å²) in [5, 5.41) is 7.43. The lowest BCUT2D eigenvalue weighted by molar-refractivity contribution is 0.760. The van der Waals surface area contributed by atoms with Crippen LogP contribution in [0.15, 0.2) is 14.7 Å². The number of aromatic amines is 2. The maximum absolute atomic E-state index is 12.3. The summed E-state index contributed by atoms with van der Waals surface area (Å²) in [6, 6.07) is 0. The lowest BCUT2D eigenvalue weighted by Gasteiger charge is -2.09. The Kier molecular flexibility index (Phi) is 3.69. The summed E-state index contributed by atoms with van der Waals surface area (Å²) in [5.74, 6) is 0.583. The van der Waals surface area contributed by atoms with Crippen LogP contribution in [0.2, 0.25) is 0 Å². The molecule has 9 heteroatoms. The molecule has 0 aliphatic heterocycles. The zero-order valence-corrected chi connectivity index (χ0v) is 14.2. The largest absolute Gasteiger partial charge is 0.343 e. The van der Waals surface area contributed by atoms with Gasteiger partial charge in [0.2, 0.25) is 0 Å². The minimum absolute atomic E-state index is 0.120. The van der Waals surface area contributed by atoms with Crippen LogP contribution in [0.5, 0.6) is 0 Å². The summed E-state index contributed by atoms with van der Waals surface area (Å²) in [6.07, 6.45) is 0. The van der Waals surface area contributed by atoms with Crippen molar-refractivity contribution in [3.05, 3.63) is 37.1 Å². The van der Waals surface area contributed by atoms with Crippen molar-refractivity contribution < 1.29 is 0 Å². The molecule has 116 valence electrons. The molecule has 0 aromatic carbocycles. The molecule has 0 aliphatic rings. The van der Waals surface area contributed by atoms with E-state index in [0.29, 0.717) is 16.4 Å². The van der Waals surface area contributed by atoms with Crippen molar-refractivity contribution in [1.29, 1.82) is 0 Å². The molecule has 3 heterocycles. The molecule has 0 saturated carbocycles. The fourth-order valence-electron chi connectivity index (χ4n) is 2.12. The number of thiophene rings is 1. The summed E-state index contributed by atoms with van der Waals surface area (Å²) >= 11 is 2.89. The van der Waals surface area contributed by atoms with Gasteiger partial charge in [-0.1, -0.05) is 11.8 Å². The first-order valence-electron chi connectivity index (χ1n) is 6.66. The second-order valence-corrected chi connectivity index (χ2v) is 7.56. The number of rotatable bonds is 3. The van der Waals surface area contributed by atoms with Gasteiger partial charge in [-0.2, -0.15) is 0 Å². The molecule has 2 N–H and O–H groups in total. The van der Waals surface area contributed by atoms with E-state index in [0.717, 1.165) is 15.3 Å². The van der Waals surface area contributed by atoms with Gasteiger partial charge < -0.3 is 4.98 Å². The Morgan fingerprint density at radius 2 is 2.05 bits per heavy atom. The van der Waals surface area contributed by atoms with Crippen molar-refractivity contribution in [3.63, 3.8) is 0 Å². The normalized spacial score (nSPS) is 12.9. The first-order valence-corrected chi connectivity index (χ1v) is 8.36. The van der Waals surface area contributed by atoms with Crippen LogP contribution < -0.4 is 11.2 Å². The first kappa shape index (κ1) is 15.0. The Balaban J connectivity index is 2.01. The lowest BCUT2D eigenvalue weighted by atomic mass is 10.2. The fraction of sp³-hybridized carbons (Fsp3) is 0.385. The molecule has 0 aliphatic carbocycles. The molecule has 0 saturated heterocycles. The van der Waals surface area contributed by atoms with E-state index in [-0.39, 0.29) is 16.5 Å². The van der Waals surface area contributed by atoms with Crippen LogP contribution >= 0.6 is 23.1 Å². The Labute approximate surface area is 133 Å². The van der Waals surface area contributed by atoms with E-state index >= 15 is 0 Å². The second kappa shape index (κ2) is 5.40. The average molecular weight is 337 g/mol. The number of hydrogen-bond acceptors (Lipinski definition) is 6. The highest BCUT2D eigenvalue weighted by Crippen LogP contribution is 2.32. The minimum Gasteiger partial charge on any atom is -0.309 e. The number of H-pyrrole nitrogens is 2. The molecule has 0 amide bonds. The number of aryl methyl sites for hydroxylation is 2. The molecule has 3 aromatic heterocycles. The monoisotopic (exact) mass is 337 g/mol.